The number of nitrogens with one attached hydrogen (secondary N) is 1. The van der Waals surface area contributed by atoms with Crippen LogP contribution in [0.5, 0.6) is 0 Å². The summed E-state index contributed by atoms with van der Waals surface area (Å²) >= 11 is 0. The van der Waals surface area contributed by atoms with Crippen LogP contribution in [0.25, 0.3) is 0 Å². The van der Waals surface area contributed by atoms with Crippen LogP contribution in [0.15, 0.2) is 36.5 Å². The maximum atomic E-state index is 4.43. The lowest BCUT2D eigenvalue weighted by Gasteiger charge is -2.23. The summed E-state index contributed by atoms with van der Waals surface area (Å²) in [5.41, 5.74) is 3.75. The summed E-state index contributed by atoms with van der Waals surface area (Å²) in [6.07, 6.45) is 4.43. The molecule has 1 heterocycles. The third kappa shape index (κ3) is 3.48. The van der Waals surface area contributed by atoms with Gasteiger partial charge in [-0.3, -0.25) is 4.68 Å². The van der Waals surface area contributed by atoms with E-state index in [2.05, 4.69) is 67.7 Å². The maximum Gasteiger partial charge on any atom is 0.0641 e. The molecule has 0 spiro atoms. The van der Waals surface area contributed by atoms with Gasteiger partial charge in [-0.1, -0.05) is 43.7 Å². The van der Waals surface area contributed by atoms with Crippen molar-refractivity contribution in [2.24, 2.45) is 7.05 Å². The van der Waals surface area contributed by atoms with E-state index in [1.165, 1.54) is 17.5 Å². The van der Waals surface area contributed by atoms with Crippen LogP contribution >= 0.6 is 0 Å². The molecule has 1 aromatic carbocycles. The summed E-state index contributed by atoms with van der Waals surface area (Å²) in [5.74, 6) is 0. The first-order valence-corrected chi connectivity index (χ1v) is 7.43. The molecule has 0 aliphatic carbocycles. The Kier molecular flexibility index (Phi) is 4.96. The second-order valence-corrected chi connectivity index (χ2v) is 5.48. The molecule has 0 bridgehead atoms. The Morgan fingerprint density at radius 3 is 2.50 bits per heavy atom. The first kappa shape index (κ1) is 14.8. The lowest BCUT2D eigenvalue weighted by atomic mass is 10.00. The molecule has 3 nitrogen and oxygen atoms in total. The van der Waals surface area contributed by atoms with Gasteiger partial charge in [-0.15, -0.1) is 0 Å². The highest BCUT2D eigenvalue weighted by Gasteiger charge is 2.17. The van der Waals surface area contributed by atoms with Crippen LogP contribution in [0.2, 0.25) is 0 Å². The van der Waals surface area contributed by atoms with Gasteiger partial charge in [0.05, 0.1) is 5.69 Å². The minimum atomic E-state index is 0.306. The molecule has 0 radical (unpaired) electrons. The molecule has 1 aromatic heterocycles. The fourth-order valence-electron chi connectivity index (χ4n) is 2.75. The predicted molar refractivity (Wildman–Crippen MR) is 83.6 cm³/mol. The Morgan fingerprint density at radius 2 is 1.95 bits per heavy atom. The Labute approximate surface area is 122 Å². The van der Waals surface area contributed by atoms with E-state index >= 15 is 0 Å². The SMILES string of the molecule is CCCC(NC(C)c1cn(C)nc1C)c1ccccc1. The topological polar surface area (TPSA) is 29.9 Å². The van der Waals surface area contributed by atoms with Crippen molar-refractivity contribution in [2.75, 3.05) is 0 Å². The van der Waals surface area contributed by atoms with E-state index < -0.39 is 0 Å². The largest absolute Gasteiger partial charge is 0.303 e. The van der Waals surface area contributed by atoms with Crippen LogP contribution in [0.3, 0.4) is 0 Å². The molecule has 20 heavy (non-hydrogen) atoms. The average molecular weight is 271 g/mol. The minimum absolute atomic E-state index is 0.306. The van der Waals surface area contributed by atoms with Gasteiger partial charge in [-0.25, -0.2) is 0 Å². The van der Waals surface area contributed by atoms with Gasteiger partial charge in [-0.05, 0) is 25.8 Å². The zero-order valence-electron chi connectivity index (χ0n) is 12.9. The summed E-state index contributed by atoms with van der Waals surface area (Å²) in [6, 6.07) is 11.4. The summed E-state index contributed by atoms with van der Waals surface area (Å²) in [6.45, 7) is 6.53. The van der Waals surface area contributed by atoms with Gasteiger partial charge < -0.3 is 5.32 Å². The fourth-order valence-corrected chi connectivity index (χ4v) is 2.75. The highest BCUT2D eigenvalue weighted by Crippen LogP contribution is 2.24. The van der Waals surface area contributed by atoms with Crippen LogP contribution < -0.4 is 5.32 Å². The number of aryl methyl sites for hydroxylation is 2. The van der Waals surface area contributed by atoms with Crippen molar-refractivity contribution in [3.05, 3.63) is 53.3 Å². The molecule has 0 fully saturated rings. The molecule has 108 valence electrons. The number of hydrogen-bond donors (Lipinski definition) is 1. The highest BCUT2D eigenvalue weighted by molar-refractivity contribution is 5.22. The number of nitrogens with zero attached hydrogens (tertiary/aromatic N) is 2. The van der Waals surface area contributed by atoms with Crippen LogP contribution in [0.1, 0.15) is 55.6 Å². The molecule has 2 aromatic rings. The zero-order chi connectivity index (χ0) is 14.5. The van der Waals surface area contributed by atoms with Gasteiger partial charge in [-0.2, -0.15) is 5.10 Å². The second kappa shape index (κ2) is 6.71. The Bertz CT molecular complexity index is 530. The van der Waals surface area contributed by atoms with Crippen LogP contribution in [-0.4, -0.2) is 9.78 Å². The summed E-state index contributed by atoms with van der Waals surface area (Å²) in [5, 5.41) is 8.19. The fraction of sp³-hybridized carbons (Fsp3) is 0.471. The van der Waals surface area contributed by atoms with Crippen molar-refractivity contribution >= 4 is 0 Å². The van der Waals surface area contributed by atoms with Gasteiger partial charge in [0, 0.05) is 30.9 Å². The van der Waals surface area contributed by atoms with E-state index in [9.17, 15) is 0 Å². The number of aromatic nitrogens is 2. The Balaban J connectivity index is 2.14. The van der Waals surface area contributed by atoms with E-state index in [-0.39, 0.29) is 0 Å². The quantitative estimate of drug-likeness (QED) is 0.863. The summed E-state index contributed by atoms with van der Waals surface area (Å²) in [4.78, 5) is 0. The molecule has 1 N–H and O–H groups in total. The van der Waals surface area contributed by atoms with Crippen molar-refractivity contribution < 1.29 is 0 Å². The molecular weight excluding hydrogens is 246 g/mol. The molecule has 0 aliphatic heterocycles. The lowest BCUT2D eigenvalue weighted by Crippen LogP contribution is -2.24. The molecule has 2 rings (SSSR count). The maximum absolute atomic E-state index is 4.43. The van der Waals surface area contributed by atoms with E-state index in [0.29, 0.717) is 12.1 Å². The van der Waals surface area contributed by atoms with Crippen molar-refractivity contribution in [3.8, 4) is 0 Å². The van der Waals surface area contributed by atoms with Gasteiger partial charge in [0.1, 0.15) is 0 Å². The Hall–Kier alpha value is -1.61. The molecule has 2 unspecified atom stereocenters. The second-order valence-electron chi connectivity index (χ2n) is 5.48. The standard InChI is InChI=1S/C17H25N3/c1-5-9-17(15-10-7-6-8-11-15)18-13(2)16-12-20(4)19-14(16)3/h6-8,10-13,17-18H,5,9H2,1-4H3. The monoisotopic (exact) mass is 271 g/mol. The first-order chi connectivity index (χ1) is 9.61. The van der Waals surface area contributed by atoms with Gasteiger partial charge in [0.15, 0.2) is 0 Å². The van der Waals surface area contributed by atoms with Gasteiger partial charge in [0.2, 0.25) is 0 Å². The predicted octanol–water partition coefficient (Wildman–Crippen LogP) is 3.92. The molecule has 0 saturated heterocycles. The van der Waals surface area contributed by atoms with Crippen LogP contribution in [-0.2, 0) is 7.05 Å². The van der Waals surface area contributed by atoms with E-state index in [1.807, 2.05) is 11.7 Å². The van der Waals surface area contributed by atoms with E-state index in [1.54, 1.807) is 0 Å². The molecule has 0 aliphatic rings. The van der Waals surface area contributed by atoms with E-state index in [0.717, 1.165) is 12.1 Å². The number of rotatable bonds is 6. The first-order valence-electron chi connectivity index (χ1n) is 7.43. The van der Waals surface area contributed by atoms with Crippen LogP contribution in [0, 0.1) is 6.92 Å². The third-order valence-corrected chi connectivity index (χ3v) is 3.75. The molecule has 2 atom stereocenters. The summed E-state index contributed by atoms with van der Waals surface area (Å²) in [7, 11) is 1.98. The molecular formula is C17H25N3. The van der Waals surface area contributed by atoms with Crippen molar-refractivity contribution in [3.63, 3.8) is 0 Å². The summed E-state index contributed by atoms with van der Waals surface area (Å²) < 4.78 is 1.89. The normalized spacial score (nSPS) is 14.2. The number of benzene rings is 1. The highest BCUT2D eigenvalue weighted by atomic mass is 15.3. The molecule has 3 heteroatoms. The third-order valence-electron chi connectivity index (χ3n) is 3.75. The number of hydrogen-bond acceptors (Lipinski definition) is 2. The van der Waals surface area contributed by atoms with Crippen molar-refractivity contribution in [2.45, 2.75) is 45.7 Å². The van der Waals surface area contributed by atoms with Gasteiger partial charge in [0.25, 0.3) is 0 Å². The zero-order valence-corrected chi connectivity index (χ0v) is 12.9. The van der Waals surface area contributed by atoms with Crippen LogP contribution in [0.4, 0.5) is 0 Å². The molecule has 0 saturated carbocycles. The van der Waals surface area contributed by atoms with Crippen molar-refractivity contribution in [1.82, 2.24) is 15.1 Å². The average Bonchev–Trinajstić information content (AvgIpc) is 2.78. The van der Waals surface area contributed by atoms with Crippen molar-refractivity contribution in [1.29, 1.82) is 0 Å². The molecule has 0 amide bonds. The minimum Gasteiger partial charge on any atom is -0.303 e. The van der Waals surface area contributed by atoms with Gasteiger partial charge >= 0.3 is 0 Å². The Morgan fingerprint density at radius 1 is 1.25 bits per heavy atom. The lowest BCUT2D eigenvalue weighted by molar-refractivity contribution is 0.438. The van der Waals surface area contributed by atoms with E-state index in [4.69, 9.17) is 0 Å². The smallest absolute Gasteiger partial charge is 0.0641 e.